The number of hydrogen-bond acceptors (Lipinski definition) is 3. The molecule has 2 heterocycles. The van der Waals surface area contributed by atoms with Gasteiger partial charge in [-0.2, -0.15) is 0 Å². The first-order valence-corrected chi connectivity index (χ1v) is 6.45. The summed E-state index contributed by atoms with van der Waals surface area (Å²) in [6, 6.07) is 7.13. The molecule has 1 unspecified atom stereocenters. The van der Waals surface area contributed by atoms with Gasteiger partial charge in [0.15, 0.2) is 5.76 Å². The van der Waals surface area contributed by atoms with Gasteiger partial charge >= 0.3 is 0 Å². The molecule has 0 spiro atoms. The second-order valence-electron chi connectivity index (χ2n) is 4.98. The summed E-state index contributed by atoms with van der Waals surface area (Å²) in [5.41, 5.74) is 0.210. The third kappa shape index (κ3) is 1.84. The maximum atomic E-state index is 12.4. The molecule has 18 heavy (non-hydrogen) atoms. The number of rotatable bonds is 2. The summed E-state index contributed by atoms with van der Waals surface area (Å²) < 4.78 is 5.61. The van der Waals surface area contributed by atoms with E-state index in [1.54, 1.807) is 18.2 Å². The van der Waals surface area contributed by atoms with Crippen LogP contribution in [0.1, 0.15) is 30.3 Å². The van der Waals surface area contributed by atoms with Gasteiger partial charge in [0.05, 0.1) is 5.54 Å². The fourth-order valence-corrected chi connectivity index (χ4v) is 2.67. The van der Waals surface area contributed by atoms with Crippen molar-refractivity contribution in [1.29, 1.82) is 0 Å². The van der Waals surface area contributed by atoms with Crippen molar-refractivity contribution in [3.8, 4) is 0 Å². The van der Waals surface area contributed by atoms with Gasteiger partial charge in [-0.15, -0.1) is 0 Å². The van der Waals surface area contributed by atoms with Crippen LogP contribution in [-0.2, 0) is 0 Å². The Hall–Kier alpha value is -1.32. The molecule has 4 heteroatoms. The number of benzene rings is 1. The molecule has 1 aromatic heterocycles. The van der Waals surface area contributed by atoms with E-state index in [1.807, 2.05) is 13.0 Å². The first-order chi connectivity index (χ1) is 8.58. The Kier molecular flexibility index (Phi) is 2.68. The fourth-order valence-electron chi connectivity index (χ4n) is 2.49. The van der Waals surface area contributed by atoms with Crippen LogP contribution in [0, 0.1) is 0 Å². The van der Waals surface area contributed by atoms with Crippen molar-refractivity contribution in [3.05, 3.63) is 35.0 Å². The number of Topliss-reactive ketones (excluding diaryl/α,β-unsaturated/α-hetero) is 1. The number of halogens is 1. The van der Waals surface area contributed by atoms with Crippen LogP contribution in [0.5, 0.6) is 0 Å². The summed E-state index contributed by atoms with van der Waals surface area (Å²) in [5.74, 6) is 0.427. The number of carbonyl (C=O) groups is 1. The molecular formula is C14H14ClNO2. The number of furan rings is 1. The van der Waals surface area contributed by atoms with Crippen LogP contribution in [0.3, 0.4) is 0 Å². The molecule has 1 N–H and O–H groups in total. The van der Waals surface area contributed by atoms with Gasteiger partial charge in [0, 0.05) is 10.4 Å². The molecule has 1 aliphatic rings. The van der Waals surface area contributed by atoms with Crippen LogP contribution in [0.2, 0.25) is 5.02 Å². The Morgan fingerprint density at radius 3 is 3.00 bits per heavy atom. The van der Waals surface area contributed by atoms with Crippen LogP contribution >= 0.6 is 11.6 Å². The molecule has 1 aromatic carbocycles. The minimum atomic E-state index is -0.488. The van der Waals surface area contributed by atoms with Crippen molar-refractivity contribution in [2.24, 2.45) is 0 Å². The van der Waals surface area contributed by atoms with Crippen molar-refractivity contribution >= 4 is 28.4 Å². The highest BCUT2D eigenvalue weighted by atomic mass is 35.5. The number of hydrogen-bond donors (Lipinski definition) is 1. The molecule has 1 aliphatic heterocycles. The van der Waals surface area contributed by atoms with E-state index in [1.165, 1.54) is 0 Å². The van der Waals surface area contributed by atoms with Gasteiger partial charge in [-0.1, -0.05) is 11.6 Å². The molecule has 0 radical (unpaired) electrons. The highest BCUT2D eigenvalue weighted by Crippen LogP contribution is 2.28. The maximum Gasteiger partial charge on any atom is 0.217 e. The van der Waals surface area contributed by atoms with Crippen LogP contribution in [0.4, 0.5) is 0 Å². The average Bonchev–Trinajstić information content (AvgIpc) is 2.94. The Labute approximate surface area is 110 Å². The van der Waals surface area contributed by atoms with Crippen molar-refractivity contribution < 1.29 is 9.21 Å². The lowest BCUT2D eigenvalue weighted by molar-refractivity contribution is 0.0857. The number of ketones is 1. The topological polar surface area (TPSA) is 42.2 Å². The van der Waals surface area contributed by atoms with Crippen molar-refractivity contribution in [1.82, 2.24) is 5.32 Å². The summed E-state index contributed by atoms with van der Waals surface area (Å²) in [7, 11) is 0. The Morgan fingerprint density at radius 1 is 1.44 bits per heavy atom. The van der Waals surface area contributed by atoms with Gasteiger partial charge in [0.1, 0.15) is 5.58 Å². The second kappa shape index (κ2) is 4.11. The van der Waals surface area contributed by atoms with Gasteiger partial charge in [0.25, 0.3) is 0 Å². The van der Waals surface area contributed by atoms with E-state index in [-0.39, 0.29) is 5.78 Å². The molecule has 1 saturated heterocycles. The zero-order valence-corrected chi connectivity index (χ0v) is 10.9. The third-order valence-corrected chi connectivity index (χ3v) is 3.81. The van der Waals surface area contributed by atoms with Gasteiger partial charge in [-0.05, 0) is 50.6 Å². The minimum absolute atomic E-state index is 0.0207. The highest BCUT2D eigenvalue weighted by molar-refractivity contribution is 6.31. The average molecular weight is 264 g/mol. The fraction of sp³-hybridized carbons (Fsp3) is 0.357. The summed E-state index contributed by atoms with van der Waals surface area (Å²) >= 11 is 5.92. The summed E-state index contributed by atoms with van der Waals surface area (Å²) in [6.45, 7) is 2.82. The van der Waals surface area contributed by atoms with Gasteiger partial charge in [-0.3, -0.25) is 4.79 Å². The molecule has 0 bridgehead atoms. The van der Waals surface area contributed by atoms with E-state index in [0.29, 0.717) is 16.4 Å². The van der Waals surface area contributed by atoms with E-state index in [9.17, 15) is 4.79 Å². The standard InChI is InChI=1S/C14H14ClNO2/c1-14(5-2-6-16-14)13(17)12-8-9-7-10(15)3-4-11(9)18-12/h3-4,7-8,16H,2,5-6H2,1H3. The van der Waals surface area contributed by atoms with E-state index in [0.717, 1.165) is 24.8 Å². The van der Waals surface area contributed by atoms with E-state index >= 15 is 0 Å². The minimum Gasteiger partial charge on any atom is -0.453 e. The van der Waals surface area contributed by atoms with Gasteiger partial charge < -0.3 is 9.73 Å². The largest absolute Gasteiger partial charge is 0.453 e. The summed E-state index contributed by atoms with van der Waals surface area (Å²) in [4.78, 5) is 12.4. The van der Waals surface area contributed by atoms with Crippen molar-refractivity contribution in [2.75, 3.05) is 6.54 Å². The third-order valence-electron chi connectivity index (χ3n) is 3.57. The van der Waals surface area contributed by atoms with Crippen LogP contribution in [0.25, 0.3) is 11.0 Å². The quantitative estimate of drug-likeness (QED) is 0.845. The van der Waals surface area contributed by atoms with Crippen LogP contribution in [-0.4, -0.2) is 17.9 Å². The van der Waals surface area contributed by atoms with Crippen LogP contribution < -0.4 is 5.32 Å². The first kappa shape index (κ1) is 11.8. The molecule has 0 saturated carbocycles. The van der Waals surface area contributed by atoms with Gasteiger partial charge in [0.2, 0.25) is 5.78 Å². The van der Waals surface area contributed by atoms with E-state index in [2.05, 4.69) is 5.32 Å². The lowest BCUT2D eigenvalue weighted by Gasteiger charge is -2.20. The molecule has 0 aliphatic carbocycles. The lowest BCUT2D eigenvalue weighted by Crippen LogP contribution is -2.44. The maximum absolute atomic E-state index is 12.4. The number of carbonyl (C=O) groups excluding carboxylic acids is 1. The molecule has 1 atom stereocenters. The SMILES string of the molecule is CC1(C(=O)c2cc3cc(Cl)ccc3o2)CCCN1. The zero-order valence-electron chi connectivity index (χ0n) is 10.1. The van der Waals surface area contributed by atoms with E-state index < -0.39 is 5.54 Å². The monoisotopic (exact) mass is 263 g/mol. The molecule has 3 rings (SSSR count). The molecule has 94 valence electrons. The Bertz CT molecular complexity index is 611. The normalized spacial score (nSPS) is 23.7. The Morgan fingerprint density at radius 2 is 2.28 bits per heavy atom. The smallest absolute Gasteiger partial charge is 0.217 e. The van der Waals surface area contributed by atoms with Crippen molar-refractivity contribution in [2.45, 2.75) is 25.3 Å². The molecule has 2 aromatic rings. The first-order valence-electron chi connectivity index (χ1n) is 6.07. The molecule has 1 fully saturated rings. The lowest BCUT2D eigenvalue weighted by atomic mass is 9.93. The predicted octanol–water partition coefficient (Wildman–Crippen LogP) is 3.41. The molecule has 0 amide bonds. The van der Waals surface area contributed by atoms with Crippen molar-refractivity contribution in [3.63, 3.8) is 0 Å². The Balaban J connectivity index is 2.01. The number of nitrogens with one attached hydrogen (secondary N) is 1. The van der Waals surface area contributed by atoms with E-state index in [4.69, 9.17) is 16.0 Å². The predicted molar refractivity (Wildman–Crippen MR) is 71.2 cm³/mol. The van der Waals surface area contributed by atoms with Gasteiger partial charge in [-0.25, -0.2) is 0 Å². The molecular weight excluding hydrogens is 250 g/mol. The zero-order chi connectivity index (χ0) is 12.8. The number of fused-ring (bicyclic) bond motifs is 1. The van der Waals surface area contributed by atoms with Crippen LogP contribution in [0.15, 0.2) is 28.7 Å². The molecule has 3 nitrogen and oxygen atoms in total. The highest BCUT2D eigenvalue weighted by Gasteiger charge is 2.38. The second-order valence-corrected chi connectivity index (χ2v) is 5.42. The summed E-state index contributed by atoms with van der Waals surface area (Å²) in [5, 5.41) is 4.77. The summed E-state index contributed by atoms with van der Waals surface area (Å²) in [6.07, 6.45) is 1.87.